The van der Waals surface area contributed by atoms with Gasteiger partial charge in [-0.3, -0.25) is 0 Å². The second-order valence-corrected chi connectivity index (χ2v) is 2.64. The maximum atomic E-state index is 5.34. The molecular formula is C5H5IN2. The van der Waals surface area contributed by atoms with Crippen molar-refractivity contribution in [1.29, 1.82) is 0 Å². The van der Waals surface area contributed by atoms with Gasteiger partial charge in [-0.05, 0) is 34.7 Å². The van der Waals surface area contributed by atoms with Crippen molar-refractivity contribution in [2.45, 2.75) is 0 Å². The summed E-state index contributed by atoms with van der Waals surface area (Å²) in [5, 5.41) is 0. The van der Waals surface area contributed by atoms with Crippen molar-refractivity contribution in [3.63, 3.8) is 0 Å². The molecule has 2 N–H and O–H groups in total. The lowest BCUT2D eigenvalue weighted by molar-refractivity contribution is 1.32. The van der Waals surface area contributed by atoms with Gasteiger partial charge in [-0.25, -0.2) is 4.98 Å². The molecule has 0 aliphatic rings. The van der Waals surface area contributed by atoms with Crippen LogP contribution in [0.4, 0.5) is 5.82 Å². The summed E-state index contributed by atoms with van der Waals surface area (Å²) >= 11 is 2.19. The minimum absolute atomic E-state index is 0.580. The van der Waals surface area contributed by atoms with Gasteiger partial charge in [-0.2, -0.15) is 0 Å². The molecule has 1 aromatic rings. The number of aromatic nitrogens is 1. The highest BCUT2D eigenvalue weighted by molar-refractivity contribution is 14.1. The number of halogens is 1. The summed E-state index contributed by atoms with van der Waals surface area (Å²) in [5.74, 6) is 0.580. The van der Waals surface area contributed by atoms with Crippen LogP contribution in [0, 0.1) is 3.57 Å². The van der Waals surface area contributed by atoms with Gasteiger partial charge in [0.1, 0.15) is 5.82 Å². The Hall–Kier alpha value is -0.320. The number of hydrogen-bond donors (Lipinski definition) is 1. The first kappa shape index (κ1) is 5.81. The molecule has 0 amide bonds. The maximum absolute atomic E-state index is 5.34. The van der Waals surface area contributed by atoms with Crippen LogP contribution in [0.3, 0.4) is 0 Å². The molecule has 0 aromatic carbocycles. The Morgan fingerprint density at radius 3 is 2.75 bits per heavy atom. The van der Waals surface area contributed by atoms with Gasteiger partial charge in [0.15, 0.2) is 0 Å². The van der Waals surface area contributed by atoms with Gasteiger partial charge in [0.2, 0.25) is 0 Å². The second-order valence-electron chi connectivity index (χ2n) is 1.40. The van der Waals surface area contributed by atoms with E-state index in [-0.39, 0.29) is 0 Å². The molecule has 8 heavy (non-hydrogen) atoms. The summed E-state index contributed by atoms with van der Waals surface area (Å²) < 4.78 is 1.12. The minimum atomic E-state index is 0.580. The van der Waals surface area contributed by atoms with Gasteiger partial charge in [-0.15, -0.1) is 0 Å². The monoisotopic (exact) mass is 220 g/mol. The van der Waals surface area contributed by atoms with Crippen LogP contribution in [0.2, 0.25) is 0 Å². The number of nitrogens with zero attached hydrogens (tertiary/aromatic N) is 1. The number of anilines is 1. The molecule has 0 saturated heterocycles. The van der Waals surface area contributed by atoms with Crippen LogP contribution >= 0.6 is 22.6 Å². The molecular weight excluding hydrogens is 215 g/mol. The molecule has 2 nitrogen and oxygen atoms in total. The maximum Gasteiger partial charge on any atom is 0.124 e. The number of hydrogen-bond acceptors (Lipinski definition) is 2. The third-order valence-electron chi connectivity index (χ3n) is 0.743. The lowest BCUT2D eigenvalue weighted by atomic mass is 10.5. The van der Waals surface area contributed by atoms with E-state index in [0.29, 0.717) is 5.82 Å². The van der Waals surface area contributed by atoms with E-state index in [0.717, 1.165) is 3.57 Å². The fourth-order valence-electron chi connectivity index (χ4n) is 0.421. The molecule has 0 spiro atoms. The topological polar surface area (TPSA) is 38.9 Å². The molecule has 1 rings (SSSR count). The highest BCUT2D eigenvalue weighted by atomic mass is 127. The van der Waals surface area contributed by atoms with E-state index in [9.17, 15) is 0 Å². The van der Waals surface area contributed by atoms with Crippen molar-refractivity contribution in [1.82, 2.24) is 4.98 Å². The molecule has 42 valence electrons. The third-order valence-corrected chi connectivity index (χ3v) is 1.41. The molecule has 0 saturated carbocycles. The SMILES string of the molecule is Nc1cc(I)ccn1. The van der Waals surface area contributed by atoms with Crippen LogP contribution in [0.5, 0.6) is 0 Å². The van der Waals surface area contributed by atoms with E-state index < -0.39 is 0 Å². The largest absolute Gasteiger partial charge is 0.384 e. The molecule has 1 aromatic heterocycles. The smallest absolute Gasteiger partial charge is 0.124 e. The quantitative estimate of drug-likeness (QED) is 0.668. The first-order valence-corrected chi connectivity index (χ1v) is 3.24. The van der Waals surface area contributed by atoms with Crippen LogP contribution in [0.1, 0.15) is 0 Å². The Kier molecular flexibility index (Phi) is 1.67. The Bertz CT molecular complexity index is 170. The minimum Gasteiger partial charge on any atom is -0.384 e. The van der Waals surface area contributed by atoms with Crippen LogP contribution in [0.25, 0.3) is 0 Å². The van der Waals surface area contributed by atoms with E-state index in [4.69, 9.17) is 5.73 Å². The van der Waals surface area contributed by atoms with Crippen LogP contribution in [-0.4, -0.2) is 4.98 Å². The fraction of sp³-hybridized carbons (Fsp3) is 0. The summed E-state index contributed by atoms with van der Waals surface area (Å²) in [6.45, 7) is 0. The van der Waals surface area contributed by atoms with Crippen molar-refractivity contribution in [2.75, 3.05) is 5.73 Å². The normalized spacial score (nSPS) is 9.12. The predicted octanol–water partition coefficient (Wildman–Crippen LogP) is 1.27. The molecule has 0 aliphatic heterocycles. The van der Waals surface area contributed by atoms with Crippen molar-refractivity contribution < 1.29 is 0 Å². The van der Waals surface area contributed by atoms with Gasteiger partial charge in [0, 0.05) is 9.77 Å². The van der Waals surface area contributed by atoms with Crippen molar-refractivity contribution in [3.8, 4) is 0 Å². The van der Waals surface area contributed by atoms with Gasteiger partial charge < -0.3 is 5.73 Å². The van der Waals surface area contributed by atoms with Gasteiger partial charge >= 0.3 is 0 Å². The Labute approximate surface area is 61.3 Å². The zero-order valence-corrected chi connectivity index (χ0v) is 6.29. The van der Waals surface area contributed by atoms with E-state index >= 15 is 0 Å². The average molecular weight is 220 g/mol. The van der Waals surface area contributed by atoms with Gasteiger partial charge in [0.05, 0.1) is 0 Å². The summed E-state index contributed by atoms with van der Waals surface area (Å²) in [5.41, 5.74) is 5.34. The molecule has 1 heterocycles. The van der Waals surface area contributed by atoms with E-state index in [1.165, 1.54) is 0 Å². The van der Waals surface area contributed by atoms with Crippen molar-refractivity contribution in [3.05, 3.63) is 21.9 Å². The highest BCUT2D eigenvalue weighted by Gasteiger charge is 1.84. The van der Waals surface area contributed by atoms with Crippen molar-refractivity contribution >= 4 is 28.4 Å². The lowest BCUT2D eigenvalue weighted by Crippen LogP contribution is -1.87. The summed E-state index contributed by atoms with van der Waals surface area (Å²) in [6.07, 6.45) is 1.69. The number of pyridine rings is 1. The van der Waals surface area contributed by atoms with Crippen LogP contribution in [-0.2, 0) is 0 Å². The first-order chi connectivity index (χ1) is 3.79. The Morgan fingerprint density at radius 1 is 1.62 bits per heavy atom. The molecule has 0 bridgehead atoms. The second kappa shape index (κ2) is 2.30. The van der Waals surface area contributed by atoms with E-state index in [2.05, 4.69) is 27.6 Å². The van der Waals surface area contributed by atoms with Gasteiger partial charge in [-0.1, -0.05) is 0 Å². The van der Waals surface area contributed by atoms with E-state index in [1.807, 2.05) is 12.1 Å². The molecule has 3 heteroatoms. The zero-order valence-electron chi connectivity index (χ0n) is 4.13. The number of nitrogens with two attached hydrogens (primary N) is 1. The van der Waals surface area contributed by atoms with Gasteiger partial charge in [0.25, 0.3) is 0 Å². The van der Waals surface area contributed by atoms with Crippen LogP contribution < -0.4 is 5.73 Å². The summed E-state index contributed by atoms with van der Waals surface area (Å²) in [7, 11) is 0. The molecule has 0 radical (unpaired) electrons. The zero-order chi connectivity index (χ0) is 5.98. The fourth-order valence-corrected chi connectivity index (χ4v) is 0.901. The van der Waals surface area contributed by atoms with Crippen molar-refractivity contribution in [2.24, 2.45) is 0 Å². The van der Waals surface area contributed by atoms with E-state index in [1.54, 1.807) is 6.20 Å². The highest BCUT2D eigenvalue weighted by Crippen LogP contribution is 2.04. The molecule has 0 fully saturated rings. The average Bonchev–Trinajstić information content (AvgIpc) is 1.64. The predicted molar refractivity (Wildman–Crippen MR) is 41.4 cm³/mol. The first-order valence-electron chi connectivity index (χ1n) is 2.16. The summed E-state index contributed by atoms with van der Waals surface area (Å²) in [4.78, 5) is 3.81. The lowest BCUT2D eigenvalue weighted by Gasteiger charge is -1.88. The van der Waals surface area contributed by atoms with Crippen LogP contribution in [0.15, 0.2) is 18.3 Å². The molecule has 0 atom stereocenters. The molecule has 0 aliphatic carbocycles. The standard InChI is InChI=1S/C5H5IN2/c6-4-1-2-8-5(7)3-4/h1-3H,(H2,7,8). The third kappa shape index (κ3) is 1.33. The number of nitrogen functional groups attached to an aromatic ring is 1. The Balaban J connectivity index is 3.08. The summed E-state index contributed by atoms with van der Waals surface area (Å²) in [6, 6.07) is 3.72. The number of rotatable bonds is 0. The molecule has 0 unspecified atom stereocenters. The Morgan fingerprint density at radius 2 is 2.38 bits per heavy atom.